The van der Waals surface area contributed by atoms with E-state index in [1.54, 1.807) is 11.0 Å². The van der Waals surface area contributed by atoms with Gasteiger partial charge in [0.15, 0.2) is 0 Å². The Hall–Kier alpha value is -1.69. The number of ether oxygens (including phenoxy) is 1. The number of methoxy groups -OCH3 is 1. The zero-order valence-electron chi connectivity index (χ0n) is 11.3. The van der Waals surface area contributed by atoms with Gasteiger partial charge in [-0.05, 0) is 31.4 Å². The van der Waals surface area contributed by atoms with Crippen LogP contribution in [0.3, 0.4) is 0 Å². The number of benzene rings is 1. The molecule has 1 atom stereocenters. The normalized spacial score (nSPS) is 18.7. The Bertz CT molecular complexity index is 536. The Morgan fingerprint density at radius 2 is 2.25 bits per heavy atom. The third-order valence-electron chi connectivity index (χ3n) is 3.50. The van der Waals surface area contributed by atoms with Crippen LogP contribution in [0.2, 0.25) is 0 Å². The predicted octanol–water partition coefficient (Wildman–Crippen LogP) is 2.12. The Kier molecular flexibility index (Phi) is 4.54. The molecule has 0 radical (unpaired) electrons. The number of hydrogen-bond acceptors (Lipinski definition) is 3. The van der Waals surface area contributed by atoms with E-state index in [9.17, 15) is 9.18 Å². The van der Waals surface area contributed by atoms with Gasteiger partial charge in [-0.2, -0.15) is 0 Å². The van der Waals surface area contributed by atoms with Crippen LogP contribution in [0.15, 0.2) is 18.2 Å². The molecule has 2 N–H and O–H groups in total. The van der Waals surface area contributed by atoms with Gasteiger partial charge in [0.2, 0.25) is 0 Å². The minimum atomic E-state index is -0.596. The van der Waals surface area contributed by atoms with Gasteiger partial charge in [0.25, 0.3) is 5.91 Å². The number of rotatable bonds is 3. The molecule has 0 aromatic heterocycles. The van der Waals surface area contributed by atoms with E-state index in [4.69, 9.17) is 22.7 Å². The Morgan fingerprint density at radius 1 is 1.50 bits per heavy atom. The SMILES string of the molecule is COc1cccc(F)c1C(=O)N1CCCCC1C(N)=S. The number of nitrogens with two attached hydrogens (primary N) is 1. The second kappa shape index (κ2) is 6.17. The molecular weight excluding hydrogens is 279 g/mol. The molecule has 108 valence electrons. The minimum Gasteiger partial charge on any atom is -0.496 e. The van der Waals surface area contributed by atoms with Crippen molar-refractivity contribution in [3.8, 4) is 5.75 Å². The molecule has 0 bridgehead atoms. The van der Waals surface area contributed by atoms with Gasteiger partial charge in [-0.1, -0.05) is 18.3 Å². The van der Waals surface area contributed by atoms with E-state index in [1.807, 2.05) is 0 Å². The molecule has 1 heterocycles. The molecule has 1 fully saturated rings. The first-order valence-corrected chi connectivity index (χ1v) is 6.90. The van der Waals surface area contributed by atoms with Crippen LogP contribution in [0.1, 0.15) is 29.6 Å². The summed E-state index contributed by atoms with van der Waals surface area (Å²) in [5.74, 6) is -0.790. The standard InChI is InChI=1S/C14H17FN2O2S/c1-19-11-7-4-5-9(15)12(11)14(18)17-8-3-2-6-10(17)13(16)20/h4-5,7,10H,2-3,6,8H2,1H3,(H2,16,20). The molecule has 1 unspecified atom stereocenters. The van der Waals surface area contributed by atoms with Crippen molar-refractivity contribution in [2.75, 3.05) is 13.7 Å². The highest BCUT2D eigenvalue weighted by atomic mass is 32.1. The van der Waals surface area contributed by atoms with Crippen molar-refractivity contribution in [3.05, 3.63) is 29.6 Å². The van der Waals surface area contributed by atoms with Gasteiger partial charge in [0.1, 0.15) is 17.1 Å². The van der Waals surface area contributed by atoms with Crippen molar-refractivity contribution in [2.24, 2.45) is 5.73 Å². The second-order valence-corrected chi connectivity index (χ2v) is 5.20. The summed E-state index contributed by atoms with van der Waals surface area (Å²) in [6, 6.07) is 4.01. The summed E-state index contributed by atoms with van der Waals surface area (Å²) >= 11 is 5.01. The van der Waals surface area contributed by atoms with Crippen molar-refractivity contribution in [2.45, 2.75) is 25.3 Å². The molecule has 1 aromatic rings. The van der Waals surface area contributed by atoms with Gasteiger partial charge in [0, 0.05) is 6.54 Å². The number of thiocarbonyl (C=S) groups is 1. The number of likely N-dealkylation sites (tertiary alicyclic amines) is 1. The lowest BCUT2D eigenvalue weighted by Crippen LogP contribution is -2.50. The smallest absolute Gasteiger partial charge is 0.261 e. The highest BCUT2D eigenvalue weighted by Crippen LogP contribution is 2.26. The van der Waals surface area contributed by atoms with Crippen LogP contribution in [0.5, 0.6) is 5.75 Å². The molecule has 1 amide bonds. The van der Waals surface area contributed by atoms with Crippen molar-refractivity contribution < 1.29 is 13.9 Å². The molecule has 4 nitrogen and oxygen atoms in total. The summed E-state index contributed by atoms with van der Waals surface area (Å²) in [6.07, 6.45) is 2.54. The van der Waals surface area contributed by atoms with E-state index in [0.717, 1.165) is 19.3 Å². The summed E-state index contributed by atoms with van der Waals surface area (Å²) in [5.41, 5.74) is 5.64. The van der Waals surface area contributed by atoms with Crippen LogP contribution in [0.25, 0.3) is 0 Å². The summed E-state index contributed by atoms with van der Waals surface area (Å²) in [4.78, 5) is 14.4. The van der Waals surface area contributed by atoms with Crippen LogP contribution in [-0.2, 0) is 0 Å². The first-order valence-electron chi connectivity index (χ1n) is 6.49. The maximum absolute atomic E-state index is 14.0. The number of carbonyl (C=O) groups excluding carboxylic acids is 1. The van der Waals surface area contributed by atoms with E-state index in [1.165, 1.54) is 19.2 Å². The molecule has 1 saturated heterocycles. The van der Waals surface area contributed by atoms with Crippen LogP contribution in [-0.4, -0.2) is 35.5 Å². The quantitative estimate of drug-likeness (QED) is 0.868. The fourth-order valence-corrected chi connectivity index (χ4v) is 2.74. The lowest BCUT2D eigenvalue weighted by atomic mass is 10.0. The van der Waals surface area contributed by atoms with Crippen molar-refractivity contribution in [1.82, 2.24) is 4.90 Å². The average molecular weight is 296 g/mol. The highest BCUT2D eigenvalue weighted by molar-refractivity contribution is 7.80. The first kappa shape index (κ1) is 14.7. The zero-order chi connectivity index (χ0) is 14.7. The third kappa shape index (κ3) is 2.75. The summed E-state index contributed by atoms with van der Waals surface area (Å²) in [6.45, 7) is 0.526. The maximum atomic E-state index is 14.0. The lowest BCUT2D eigenvalue weighted by Gasteiger charge is -2.35. The molecule has 6 heteroatoms. The van der Waals surface area contributed by atoms with Gasteiger partial charge in [0.05, 0.1) is 18.1 Å². The van der Waals surface area contributed by atoms with Crippen LogP contribution in [0.4, 0.5) is 4.39 Å². The molecule has 1 aliphatic rings. The Labute approximate surface area is 122 Å². The highest BCUT2D eigenvalue weighted by Gasteiger charge is 2.32. The van der Waals surface area contributed by atoms with E-state index in [-0.39, 0.29) is 22.3 Å². The van der Waals surface area contributed by atoms with Crippen LogP contribution >= 0.6 is 12.2 Å². The van der Waals surface area contributed by atoms with Gasteiger partial charge < -0.3 is 15.4 Å². The fourth-order valence-electron chi connectivity index (χ4n) is 2.50. The van der Waals surface area contributed by atoms with Crippen molar-refractivity contribution in [3.63, 3.8) is 0 Å². The molecule has 2 rings (SSSR count). The summed E-state index contributed by atoms with van der Waals surface area (Å²) < 4.78 is 19.1. The lowest BCUT2D eigenvalue weighted by molar-refractivity contribution is 0.0673. The number of piperidine rings is 1. The second-order valence-electron chi connectivity index (χ2n) is 4.73. The van der Waals surface area contributed by atoms with E-state index < -0.39 is 11.7 Å². The van der Waals surface area contributed by atoms with Crippen molar-refractivity contribution in [1.29, 1.82) is 0 Å². The van der Waals surface area contributed by atoms with Crippen LogP contribution in [0, 0.1) is 5.82 Å². The molecule has 1 aliphatic heterocycles. The van der Waals surface area contributed by atoms with E-state index >= 15 is 0 Å². The van der Waals surface area contributed by atoms with E-state index in [2.05, 4.69) is 0 Å². The van der Waals surface area contributed by atoms with Gasteiger partial charge in [-0.3, -0.25) is 4.79 Å². The molecule has 0 spiro atoms. The average Bonchev–Trinajstić information content (AvgIpc) is 2.46. The van der Waals surface area contributed by atoms with Gasteiger partial charge >= 0.3 is 0 Å². The number of carbonyl (C=O) groups is 1. The first-order chi connectivity index (χ1) is 9.56. The summed E-state index contributed by atoms with van der Waals surface area (Å²) in [7, 11) is 1.41. The molecular formula is C14H17FN2O2S. The number of hydrogen-bond donors (Lipinski definition) is 1. The number of nitrogens with zero attached hydrogens (tertiary/aromatic N) is 1. The number of amides is 1. The fraction of sp³-hybridized carbons (Fsp3) is 0.429. The molecule has 0 saturated carbocycles. The Balaban J connectivity index is 2.37. The molecule has 20 heavy (non-hydrogen) atoms. The molecule has 1 aromatic carbocycles. The van der Waals surface area contributed by atoms with Gasteiger partial charge in [-0.25, -0.2) is 4.39 Å². The summed E-state index contributed by atoms with van der Waals surface area (Å²) in [5, 5.41) is 0. The maximum Gasteiger partial charge on any atom is 0.261 e. The Morgan fingerprint density at radius 3 is 2.90 bits per heavy atom. The largest absolute Gasteiger partial charge is 0.496 e. The van der Waals surface area contributed by atoms with Gasteiger partial charge in [-0.15, -0.1) is 0 Å². The topological polar surface area (TPSA) is 55.6 Å². The van der Waals surface area contributed by atoms with Crippen molar-refractivity contribution >= 4 is 23.1 Å². The molecule has 0 aliphatic carbocycles. The number of halogens is 1. The minimum absolute atomic E-state index is 0.0573. The predicted molar refractivity (Wildman–Crippen MR) is 78.4 cm³/mol. The monoisotopic (exact) mass is 296 g/mol. The zero-order valence-corrected chi connectivity index (χ0v) is 12.1. The van der Waals surface area contributed by atoms with E-state index in [0.29, 0.717) is 6.54 Å². The third-order valence-corrected chi connectivity index (χ3v) is 3.77. The van der Waals surface area contributed by atoms with Crippen LogP contribution < -0.4 is 10.5 Å².